The largest absolute Gasteiger partial charge is 0.444 e. The summed E-state index contributed by atoms with van der Waals surface area (Å²) in [6.45, 7) is 4.76. The number of rotatable bonds is 4. The SMILES string of the molecule is CC(C)(C)OC(=O)NCC(O)C(O)c1cc(Cl)cc(F)c1Cl. The lowest BCUT2D eigenvalue weighted by molar-refractivity contribution is 0.0128. The first-order valence-electron chi connectivity index (χ1n) is 6.48. The second-order valence-electron chi connectivity index (χ2n) is 5.69. The van der Waals surface area contributed by atoms with Crippen molar-refractivity contribution in [3.05, 3.63) is 33.6 Å². The highest BCUT2D eigenvalue weighted by Crippen LogP contribution is 2.30. The molecule has 8 heteroatoms. The summed E-state index contributed by atoms with van der Waals surface area (Å²) < 4.78 is 18.5. The molecule has 124 valence electrons. The van der Waals surface area contributed by atoms with Crippen molar-refractivity contribution < 1.29 is 24.1 Å². The van der Waals surface area contributed by atoms with Crippen molar-refractivity contribution in [3.8, 4) is 0 Å². The Bertz CT molecular complexity index is 548. The van der Waals surface area contributed by atoms with E-state index in [1.165, 1.54) is 6.07 Å². The lowest BCUT2D eigenvalue weighted by Crippen LogP contribution is -2.38. The molecule has 2 unspecified atom stereocenters. The molecule has 0 bridgehead atoms. The first-order valence-corrected chi connectivity index (χ1v) is 7.24. The van der Waals surface area contributed by atoms with E-state index in [0.717, 1.165) is 6.07 Å². The molecular weight excluding hydrogens is 336 g/mol. The molecule has 1 amide bonds. The van der Waals surface area contributed by atoms with Crippen molar-refractivity contribution >= 4 is 29.3 Å². The number of carbonyl (C=O) groups excluding carboxylic acids is 1. The van der Waals surface area contributed by atoms with Gasteiger partial charge in [0.25, 0.3) is 0 Å². The van der Waals surface area contributed by atoms with E-state index >= 15 is 0 Å². The number of alkyl carbamates (subject to hydrolysis) is 1. The van der Waals surface area contributed by atoms with Gasteiger partial charge < -0.3 is 20.3 Å². The molecule has 0 aliphatic heterocycles. The molecule has 0 fully saturated rings. The molecule has 0 heterocycles. The van der Waals surface area contributed by atoms with E-state index in [9.17, 15) is 19.4 Å². The van der Waals surface area contributed by atoms with Crippen LogP contribution in [0.5, 0.6) is 0 Å². The van der Waals surface area contributed by atoms with Gasteiger partial charge in [0.1, 0.15) is 23.6 Å². The molecule has 0 radical (unpaired) electrons. The highest BCUT2D eigenvalue weighted by atomic mass is 35.5. The Morgan fingerprint density at radius 2 is 1.95 bits per heavy atom. The zero-order chi connectivity index (χ0) is 17.1. The third kappa shape index (κ3) is 5.61. The summed E-state index contributed by atoms with van der Waals surface area (Å²) in [5.74, 6) is -0.810. The van der Waals surface area contributed by atoms with Gasteiger partial charge in [0.2, 0.25) is 0 Å². The summed E-state index contributed by atoms with van der Waals surface area (Å²) in [7, 11) is 0. The summed E-state index contributed by atoms with van der Waals surface area (Å²) in [5.41, 5.74) is -0.752. The Labute approximate surface area is 138 Å². The van der Waals surface area contributed by atoms with Gasteiger partial charge >= 0.3 is 6.09 Å². The molecule has 0 saturated heterocycles. The van der Waals surface area contributed by atoms with Gasteiger partial charge in [-0.05, 0) is 32.9 Å². The smallest absolute Gasteiger partial charge is 0.407 e. The van der Waals surface area contributed by atoms with Gasteiger partial charge in [0.15, 0.2) is 0 Å². The van der Waals surface area contributed by atoms with Crippen LogP contribution >= 0.6 is 23.2 Å². The average molecular weight is 354 g/mol. The summed E-state index contributed by atoms with van der Waals surface area (Å²) in [4.78, 5) is 11.5. The van der Waals surface area contributed by atoms with Crippen LogP contribution in [0.15, 0.2) is 12.1 Å². The number of ether oxygens (including phenoxy) is 1. The second kappa shape index (κ2) is 7.46. The van der Waals surface area contributed by atoms with Gasteiger partial charge in [-0.2, -0.15) is 0 Å². The standard InChI is InChI=1S/C14H18Cl2FNO4/c1-14(2,3)22-13(21)18-6-10(19)12(20)8-4-7(15)5-9(17)11(8)16/h4-5,10,12,19-20H,6H2,1-3H3,(H,18,21). The number of halogens is 3. The number of aliphatic hydroxyl groups excluding tert-OH is 2. The van der Waals surface area contributed by atoms with Crippen LogP contribution in [0.3, 0.4) is 0 Å². The minimum Gasteiger partial charge on any atom is -0.444 e. The Kier molecular flexibility index (Phi) is 6.43. The fourth-order valence-corrected chi connectivity index (χ4v) is 2.05. The highest BCUT2D eigenvalue weighted by Gasteiger charge is 2.24. The maximum Gasteiger partial charge on any atom is 0.407 e. The third-order valence-electron chi connectivity index (χ3n) is 2.56. The van der Waals surface area contributed by atoms with Crippen LogP contribution in [-0.4, -0.2) is 34.6 Å². The number of hydrogen-bond acceptors (Lipinski definition) is 4. The fourth-order valence-electron chi connectivity index (χ4n) is 1.61. The van der Waals surface area contributed by atoms with E-state index in [1.807, 2.05) is 0 Å². The summed E-state index contributed by atoms with van der Waals surface area (Å²) >= 11 is 11.4. The predicted molar refractivity (Wildman–Crippen MR) is 81.6 cm³/mol. The predicted octanol–water partition coefficient (Wildman–Crippen LogP) is 3.05. The van der Waals surface area contributed by atoms with E-state index in [1.54, 1.807) is 20.8 Å². The van der Waals surface area contributed by atoms with Crippen LogP contribution in [0.4, 0.5) is 9.18 Å². The van der Waals surface area contributed by atoms with E-state index < -0.39 is 29.7 Å². The molecule has 0 aliphatic rings. The lowest BCUT2D eigenvalue weighted by atomic mass is 10.0. The highest BCUT2D eigenvalue weighted by molar-refractivity contribution is 6.33. The molecule has 0 saturated carbocycles. The van der Waals surface area contributed by atoms with Crippen LogP contribution in [0.25, 0.3) is 0 Å². The maximum atomic E-state index is 13.5. The number of nitrogens with one attached hydrogen (secondary N) is 1. The van der Waals surface area contributed by atoms with Crippen LogP contribution in [0, 0.1) is 5.82 Å². The monoisotopic (exact) mass is 353 g/mol. The van der Waals surface area contributed by atoms with Crippen molar-refractivity contribution in [2.45, 2.75) is 38.6 Å². The van der Waals surface area contributed by atoms with Gasteiger partial charge in [0, 0.05) is 17.1 Å². The molecular formula is C14H18Cl2FNO4. The van der Waals surface area contributed by atoms with Crippen molar-refractivity contribution in [3.63, 3.8) is 0 Å². The lowest BCUT2D eigenvalue weighted by Gasteiger charge is -2.22. The third-order valence-corrected chi connectivity index (χ3v) is 3.18. The molecule has 0 spiro atoms. The van der Waals surface area contributed by atoms with Crippen molar-refractivity contribution in [2.24, 2.45) is 0 Å². The van der Waals surface area contributed by atoms with Gasteiger partial charge in [-0.15, -0.1) is 0 Å². The molecule has 22 heavy (non-hydrogen) atoms. The van der Waals surface area contributed by atoms with E-state index in [2.05, 4.69) is 5.32 Å². The fraction of sp³-hybridized carbons (Fsp3) is 0.500. The average Bonchev–Trinajstić information content (AvgIpc) is 2.37. The minimum absolute atomic E-state index is 0.0308. The first kappa shape index (κ1) is 19.0. The van der Waals surface area contributed by atoms with Crippen molar-refractivity contribution in [1.82, 2.24) is 5.32 Å². The Morgan fingerprint density at radius 1 is 1.36 bits per heavy atom. The van der Waals surface area contributed by atoms with Crippen LogP contribution in [0.1, 0.15) is 32.4 Å². The van der Waals surface area contributed by atoms with E-state index in [4.69, 9.17) is 27.9 Å². The zero-order valence-corrected chi connectivity index (χ0v) is 13.9. The molecule has 0 aromatic heterocycles. The van der Waals surface area contributed by atoms with Gasteiger partial charge in [-0.25, -0.2) is 9.18 Å². The number of amides is 1. The summed E-state index contributed by atoms with van der Waals surface area (Å²) in [6.07, 6.45) is -3.68. The van der Waals surface area contributed by atoms with Gasteiger partial charge in [-0.3, -0.25) is 0 Å². The van der Waals surface area contributed by atoms with E-state index in [-0.39, 0.29) is 22.2 Å². The maximum absolute atomic E-state index is 13.5. The summed E-state index contributed by atoms with van der Waals surface area (Å²) in [6, 6.07) is 2.24. The normalized spacial score (nSPS) is 14.4. The van der Waals surface area contributed by atoms with Gasteiger partial charge in [0.05, 0.1) is 5.02 Å². The van der Waals surface area contributed by atoms with Crippen molar-refractivity contribution in [2.75, 3.05) is 6.54 Å². The zero-order valence-electron chi connectivity index (χ0n) is 12.4. The van der Waals surface area contributed by atoms with E-state index in [0.29, 0.717) is 0 Å². The molecule has 1 rings (SSSR count). The molecule has 0 aliphatic carbocycles. The molecule has 1 aromatic carbocycles. The molecule has 2 atom stereocenters. The number of benzene rings is 1. The van der Waals surface area contributed by atoms with Gasteiger partial charge in [-0.1, -0.05) is 23.2 Å². The minimum atomic E-state index is -1.52. The van der Waals surface area contributed by atoms with Crippen LogP contribution < -0.4 is 5.32 Å². The number of aliphatic hydroxyl groups is 2. The second-order valence-corrected chi connectivity index (χ2v) is 6.50. The quantitative estimate of drug-likeness (QED) is 0.727. The Hall–Kier alpha value is -1.08. The topological polar surface area (TPSA) is 78.8 Å². The summed E-state index contributed by atoms with van der Waals surface area (Å²) in [5, 5.41) is 21.9. The van der Waals surface area contributed by atoms with Crippen molar-refractivity contribution in [1.29, 1.82) is 0 Å². The first-order chi connectivity index (χ1) is 10.0. The molecule has 1 aromatic rings. The Morgan fingerprint density at radius 3 is 2.50 bits per heavy atom. The Balaban J connectivity index is 2.70. The molecule has 5 nitrogen and oxygen atoms in total. The molecule has 3 N–H and O–H groups in total. The number of hydrogen-bond donors (Lipinski definition) is 3. The number of carbonyl (C=O) groups is 1. The van der Waals surface area contributed by atoms with Crippen LogP contribution in [0.2, 0.25) is 10.0 Å². The van der Waals surface area contributed by atoms with Crippen LogP contribution in [-0.2, 0) is 4.74 Å².